The molecule has 2 rings (SSSR count). The van der Waals surface area contributed by atoms with Gasteiger partial charge in [0.15, 0.2) is 5.78 Å². The highest BCUT2D eigenvalue weighted by Gasteiger charge is 2.11. The number of halogens is 2. The van der Waals surface area contributed by atoms with Crippen molar-refractivity contribution in [3.63, 3.8) is 0 Å². The first-order chi connectivity index (χ1) is 8.97. The fraction of sp³-hybridized carbons (Fsp3) is 0.133. The van der Waals surface area contributed by atoms with Gasteiger partial charge in [-0.05, 0) is 42.5 Å². The van der Waals surface area contributed by atoms with Crippen LogP contribution in [-0.4, -0.2) is 19.9 Å². The molecule has 0 amide bonds. The molecule has 0 unspecified atom stereocenters. The maximum atomic E-state index is 13.2. The Bertz CT molecular complexity index is 588. The average molecular weight is 278 g/mol. The van der Waals surface area contributed by atoms with Crippen LogP contribution < -0.4 is 4.90 Å². The van der Waals surface area contributed by atoms with Gasteiger partial charge in [-0.1, -0.05) is 11.6 Å². The van der Waals surface area contributed by atoms with Crippen molar-refractivity contribution in [3.8, 4) is 0 Å². The Morgan fingerprint density at radius 2 is 1.68 bits per heavy atom. The van der Waals surface area contributed by atoms with Gasteiger partial charge in [0.1, 0.15) is 5.82 Å². The Kier molecular flexibility index (Phi) is 3.86. The molecule has 0 aliphatic carbocycles. The molecule has 0 fully saturated rings. The highest BCUT2D eigenvalue weighted by atomic mass is 35.5. The van der Waals surface area contributed by atoms with Crippen LogP contribution in [-0.2, 0) is 0 Å². The van der Waals surface area contributed by atoms with E-state index in [0.717, 1.165) is 5.69 Å². The number of carbonyl (C=O) groups excluding carboxylic acids is 1. The zero-order chi connectivity index (χ0) is 14.0. The molecule has 0 bridgehead atoms. The summed E-state index contributed by atoms with van der Waals surface area (Å²) in [5, 5.41) is 0.216. The van der Waals surface area contributed by atoms with Crippen molar-refractivity contribution in [2.45, 2.75) is 0 Å². The van der Waals surface area contributed by atoms with E-state index >= 15 is 0 Å². The smallest absolute Gasteiger partial charge is 0.193 e. The predicted octanol–water partition coefficient (Wildman–Crippen LogP) is 3.78. The first-order valence-corrected chi connectivity index (χ1v) is 6.13. The van der Waals surface area contributed by atoms with E-state index in [2.05, 4.69) is 0 Å². The van der Waals surface area contributed by atoms with Crippen LogP contribution in [0.25, 0.3) is 0 Å². The van der Waals surface area contributed by atoms with E-state index < -0.39 is 5.82 Å². The molecule has 0 aliphatic heterocycles. The van der Waals surface area contributed by atoms with Gasteiger partial charge in [0.2, 0.25) is 0 Å². The highest BCUT2D eigenvalue weighted by molar-refractivity contribution is 6.31. The van der Waals surface area contributed by atoms with E-state index in [0.29, 0.717) is 5.56 Å². The summed E-state index contributed by atoms with van der Waals surface area (Å²) in [5.41, 5.74) is 1.75. The minimum atomic E-state index is -0.513. The lowest BCUT2D eigenvalue weighted by Crippen LogP contribution is -2.09. The number of hydrogen-bond acceptors (Lipinski definition) is 2. The molecule has 0 aromatic heterocycles. The molecule has 0 N–H and O–H groups in total. The number of ketones is 1. The SMILES string of the molecule is CN(C)c1ccc(C(=O)c2cc(F)cc(Cl)c2)cc1. The third kappa shape index (κ3) is 3.12. The third-order valence-electron chi connectivity index (χ3n) is 2.77. The van der Waals surface area contributed by atoms with Crippen LogP contribution in [0.4, 0.5) is 10.1 Å². The van der Waals surface area contributed by atoms with Gasteiger partial charge in [-0.25, -0.2) is 4.39 Å². The van der Waals surface area contributed by atoms with E-state index in [9.17, 15) is 9.18 Å². The lowest BCUT2D eigenvalue weighted by atomic mass is 10.0. The molecule has 19 heavy (non-hydrogen) atoms. The molecule has 0 radical (unpaired) electrons. The molecule has 0 heterocycles. The van der Waals surface area contributed by atoms with Crippen LogP contribution in [0.2, 0.25) is 5.02 Å². The van der Waals surface area contributed by atoms with Gasteiger partial charge in [0.05, 0.1) is 0 Å². The Morgan fingerprint density at radius 1 is 1.05 bits per heavy atom. The van der Waals surface area contributed by atoms with E-state index in [1.807, 2.05) is 31.1 Å². The minimum absolute atomic E-state index is 0.216. The van der Waals surface area contributed by atoms with Crippen molar-refractivity contribution in [1.82, 2.24) is 0 Å². The van der Waals surface area contributed by atoms with Gasteiger partial charge in [0.25, 0.3) is 0 Å². The Hall–Kier alpha value is -1.87. The molecule has 2 nitrogen and oxygen atoms in total. The topological polar surface area (TPSA) is 20.3 Å². The first kappa shape index (κ1) is 13.6. The Labute approximate surface area is 116 Å². The predicted molar refractivity (Wildman–Crippen MR) is 75.6 cm³/mol. The molecule has 4 heteroatoms. The highest BCUT2D eigenvalue weighted by Crippen LogP contribution is 2.19. The summed E-state index contributed by atoms with van der Waals surface area (Å²) >= 11 is 5.75. The molecule has 0 saturated heterocycles. The number of anilines is 1. The summed E-state index contributed by atoms with van der Waals surface area (Å²) < 4.78 is 13.2. The molecular weight excluding hydrogens is 265 g/mol. The van der Waals surface area contributed by atoms with Crippen molar-refractivity contribution in [2.24, 2.45) is 0 Å². The molecule has 0 saturated carbocycles. The maximum Gasteiger partial charge on any atom is 0.193 e. The first-order valence-electron chi connectivity index (χ1n) is 5.75. The van der Waals surface area contributed by atoms with Crippen LogP contribution in [0.3, 0.4) is 0 Å². The van der Waals surface area contributed by atoms with Crippen molar-refractivity contribution < 1.29 is 9.18 Å². The van der Waals surface area contributed by atoms with Gasteiger partial charge in [-0.15, -0.1) is 0 Å². The van der Waals surface area contributed by atoms with E-state index in [4.69, 9.17) is 11.6 Å². The Balaban J connectivity index is 2.33. The third-order valence-corrected chi connectivity index (χ3v) is 2.99. The number of nitrogens with zero attached hydrogens (tertiary/aromatic N) is 1. The van der Waals surface area contributed by atoms with Crippen LogP contribution >= 0.6 is 11.6 Å². The van der Waals surface area contributed by atoms with Crippen LogP contribution in [0.15, 0.2) is 42.5 Å². The molecule has 0 aliphatic rings. The minimum Gasteiger partial charge on any atom is -0.378 e. The van der Waals surface area contributed by atoms with Crippen molar-refractivity contribution in [3.05, 3.63) is 64.4 Å². The summed E-state index contributed by atoms with van der Waals surface area (Å²) in [7, 11) is 3.84. The summed E-state index contributed by atoms with van der Waals surface area (Å²) in [6.45, 7) is 0. The summed E-state index contributed by atoms with van der Waals surface area (Å²) in [6.07, 6.45) is 0. The van der Waals surface area contributed by atoms with Crippen molar-refractivity contribution in [2.75, 3.05) is 19.0 Å². The molecule has 0 spiro atoms. The fourth-order valence-electron chi connectivity index (χ4n) is 1.76. The van der Waals surface area contributed by atoms with Gasteiger partial charge in [-0.3, -0.25) is 4.79 Å². The van der Waals surface area contributed by atoms with Crippen molar-refractivity contribution in [1.29, 1.82) is 0 Å². The number of benzene rings is 2. The summed E-state index contributed by atoms with van der Waals surface area (Å²) in [6, 6.07) is 10.9. The van der Waals surface area contributed by atoms with E-state index in [-0.39, 0.29) is 16.4 Å². The van der Waals surface area contributed by atoms with E-state index in [1.54, 1.807) is 12.1 Å². The van der Waals surface area contributed by atoms with Crippen LogP contribution in [0, 0.1) is 5.82 Å². The standard InChI is InChI=1S/C15H13ClFNO/c1-18(2)14-5-3-10(4-6-14)15(19)11-7-12(16)9-13(17)8-11/h3-9H,1-2H3. The zero-order valence-corrected chi connectivity index (χ0v) is 11.4. The zero-order valence-electron chi connectivity index (χ0n) is 10.7. The fourth-order valence-corrected chi connectivity index (χ4v) is 1.98. The second-order valence-electron chi connectivity index (χ2n) is 4.43. The lowest BCUT2D eigenvalue weighted by molar-refractivity contribution is 0.103. The van der Waals surface area contributed by atoms with Gasteiger partial charge in [-0.2, -0.15) is 0 Å². The van der Waals surface area contributed by atoms with E-state index in [1.165, 1.54) is 18.2 Å². The molecule has 2 aromatic rings. The van der Waals surface area contributed by atoms with Gasteiger partial charge in [0, 0.05) is 35.9 Å². The largest absolute Gasteiger partial charge is 0.378 e. The molecule has 2 aromatic carbocycles. The van der Waals surface area contributed by atoms with Gasteiger partial charge < -0.3 is 4.90 Å². The van der Waals surface area contributed by atoms with Gasteiger partial charge >= 0.3 is 0 Å². The van der Waals surface area contributed by atoms with Crippen LogP contribution in [0.5, 0.6) is 0 Å². The average Bonchev–Trinajstić information content (AvgIpc) is 2.37. The summed E-state index contributed by atoms with van der Waals surface area (Å²) in [5.74, 6) is -0.757. The monoisotopic (exact) mass is 277 g/mol. The summed E-state index contributed by atoms with van der Waals surface area (Å²) in [4.78, 5) is 14.1. The number of carbonyl (C=O) groups is 1. The number of hydrogen-bond donors (Lipinski definition) is 0. The quantitative estimate of drug-likeness (QED) is 0.796. The second kappa shape index (κ2) is 5.41. The molecule has 98 valence electrons. The second-order valence-corrected chi connectivity index (χ2v) is 4.86. The number of rotatable bonds is 3. The lowest BCUT2D eigenvalue weighted by Gasteiger charge is -2.12. The molecule has 0 atom stereocenters. The normalized spacial score (nSPS) is 10.3. The Morgan fingerprint density at radius 3 is 2.21 bits per heavy atom. The van der Waals surface area contributed by atoms with Crippen LogP contribution in [0.1, 0.15) is 15.9 Å². The maximum absolute atomic E-state index is 13.2. The van der Waals surface area contributed by atoms with Crippen molar-refractivity contribution >= 4 is 23.1 Å². The molecular formula is C15H13ClFNO.